The Labute approximate surface area is 137 Å². The Morgan fingerprint density at radius 2 is 1.87 bits per heavy atom. The van der Waals surface area contributed by atoms with Crippen LogP contribution >= 0.6 is 12.2 Å². The standard InChI is InChI=1S/C16H13N5OS/c1-22-13-9-5-8-12(10-13)20-15-18-17-14(21(15)19-16(20)23)11-6-3-2-4-7-11/h2-10H,1H3,(H,19,23). The van der Waals surface area contributed by atoms with Gasteiger partial charge in [0, 0.05) is 11.6 Å². The first-order chi connectivity index (χ1) is 11.3. The minimum absolute atomic E-state index is 0.542. The lowest BCUT2D eigenvalue weighted by Gasteiger charge is -2.04. The minimum atomic E-state index is 0.542. The number of methoxy groups -OCH3 is 1. The molecule has 6 nitrogen and oxygen atoms in total. The molecule has 0 spiro atoms. The van der Waals surface area contributed by atoms with Gasteiger partial charge < -0.3 is 4.74 Å². The number of nitrogens with one attached hydrogen (secondary N) is 1. The second-order valence-electron chi connectivity index (χ2n) is 4.98. The van der Waals surface area contributed by atoms with E-state index in [-0.39, 0.29) is 0 Å². The summed E-state index contributed by atoms with van der Waals surface area (Å²) < 4.78 is 9.44. The van der Waals surface area contributed by atoms with Crippen LogP contribution in [0, 0.1) is 4.77 Å². The van der Waals surface area contributed by atoms with Gasteiger partial charge in [-0.1, -0.05) is 36.4 Å². The fraction of sp³-hybridized carbons (Fsp3) is 0.0625. The third-order valence-corrected chi connectivity index (χ3v) is 3.87. The number of hydrogen-bond donors (Lipinski definition) is 1. The first-order valence-corrected chi connectivity index (χ1v) is 7.45. The fourth-order valence-electron chi connectivity index (χ4n) is 2.52. The highest BCUT2D eigenvalue weighted by Crippen LogP contribution is 2.22. The lowest BCUT2D eigenvalue weighted by Crippen LogP contribution is -1.96. The van der Waals surface area contributed by atoms with E-state index in [4.69, 9.17) is 17.0 Å². The molecular weight excluding hydrogens is 310 g/mol. The molecule has 1 N–H and O–H groups in total. The van der Waals surface area contributed by atoms with Gasteiger partial charge >= 0.3 is 0 Å². The first-order valence-electron chi connectivity index (χ1n) is 7.04. The number of benzene rings is 2. The molecule has 0 fully saturated rings. The molecule has 4 aromatic rings. The van der Waals surface area contributed by atoms with Gasteiger partial charge in [-0.25, -0.2) is 0 Å². The highest BCUT2D eigenvalue weighted by Gasteiger charge is 2.15. The lowest BCUT2D eigenvalue weighted by molar-refractivity contribution is 0.414. The number of nitrogens with zero attached hydrogens (tertiary/aromatic N) is 4. The molecule has 0 atom stereocenters. The second-order valence-corrected chi connectivity index (χ2v) is 5.37. The van der Waals surface area contributed by atoms with Crippen LogP contribution in [-0.4, -0.2) is 31.5 Å². The summed E-state index contributed by atoms with van der Waals surface area (Å²) in [5.74, 6) is 2.10. The molecule has 0 aliphatic rings. The van der Waals surface area contributed by atoms with Crippen LogP contribution in [0.2, 0.25) is 0 Å². The fourth-order valence-corrected chi connectivity index (χ4v) is 2.80. The Balaban J connectivity index is 1.94. The van der Waals surface area contributed by atoms with Crippen molar-refractivity contribution in [3.8, 4) is 22.8 Å². The molecular formula is C16H13N5OS. The summed E-state index contributed by atoms with van der Waals surface area (Å²) >= 11 is 5.46. The van der Waals surface area contributed by atoms with Crippen LogP contribution in [0.3, 0.4) is 0 Å². The van der Waals surface area contributed by atoms with Gasteiger partial charge in [0.25, 0.3) is 5.78 Å². The number of aromatic nitrogens is 5. The van der Waals surface area contributed by atoms with E-state index in [2.05, 4.69) is 15.3 Å². The monoisotopic (exact) mass is 323 g/mol. The molecule has 2 aromatic heterocycles. The Morgan fingerprint density at radius 1 is 1.04 bits per heavy atom. The first kappa shape index (κ1) is 13.7. The van der Waals surface area contributed by atoms with Crippen LogP contribution in [0.5, 0.6) is 5.75 Å². The average molecular weight is 323 g/mol. The summed E-state index contributed by atoms with van der Waals surface area (Å²) in [5.41, 5.74) is 1.83. The molecule has 7 heteroatoms. The van der Waals surface area contributed by atoms with Crippen LogP contribution in [0.1, 0.15) is 0 Å². The molecule has 114 valence electrons. The predicted octanol–water partition coefficient (Wildman–Crippen LogP) is 3.25. The molecule has 0 saturated carbocycles. The normalized spacial score (nSPS) is 11.0. The van der Waals surface area contributed by atoms with Crippen molar-refractivity contribution < 1.29 is 4.74 Å². The van der Waals surface area contributed by atoms with Crippen LogP contribution in [0.25, 0.3) is 22.9 Å². The van der Waals surface area contributed by atoms with E-state index in [1.165, 1.54) is 0 Å². The molecule has 2 heterocycles. The maximum Gasteiger partial charge on any atom is 0.257 e. The summed E-state index contributed by atoms with van der Waals surface area (Å²) in [4.78, 5) is 0. The van der Waals surface area contributed by atoms with E-state index < -0.39 is 0 Å². The Bertz CT molecular complexity index is 1030. The van der Waals surface area contributed by atoms with Crippen molar-refractivity contribution in [2.75, 3.05) is 7.11 Å². The summed E-state index contributed by atoms with van der Waals surface area (Å²) in [5, 5.41) is 11.7. The smallest absolute Gasteiger partial charge is 0.257 e. The summed E-state index contributed by atoms with van der Waals surface area (Å²) in [6.07, 6.45) is 0. The molecule has 0 radical (unpaired) electrons. The Hall–Kier alpha value is -2.93. The zero-order valence-electron chi connectivity index (χ0n) is 12.3. The molecule has 23 heavy (non-hydrogen) atoms. The van der Waals surface area contributed by atoms with E-state index in [0.29, 0.717) is 16.4 Å². The van der Waals surface area contributed by atoms with Crippen LogP contribution < -0.4 is 4.74 Å². The minimum Gasteiger partial charge on any atom is -0.497 e. The topological polar surface area (TPSA) is 60.1 Å². The van der Waals surface area contributed by atoms with Crippen LogP contribution in [-0.2, 0) is 0 Å². The van der Waals surface area contributed by atoms with Gasteiger partial charge in [0.1, 0.15) is 5.75 Å². The molecule has 2 aromatic carbocycles. The number of H-pyrrole nitrogens is 1. The van der Waals surface area contributed by atoms with Crippen LogP contribution in [0.15, 0.2) is 54.6 Å². The van der Waals surface area contributed by atoms with Crippen molar-refractivity contribution in [1.82, 2.24) is 24.4 Å². The van der Waals surface area contributed by atoms with Gasteiger partial charge in [0.15, 0.2) is 10.6 Å². The molecule has 4 rings (SSSR count). The number of ether oxygens (including phenoxy) is 1. The quantitative estimate of drug-likeness (QED) is 0.588. The summed E-state index contributed by atoms with van der Waals surface area (Å²) in [6, 6.07) is 17.5. The van der Waals surface area contributed by atoms with Gasteiger partial charge in [0.05, 0.1) is 12.8 Å². The van der Waals surface area contributed by atoms with Crippen molar-refractivity contribution in [2.45, 2.75) is 0 Å². The van der Waals surface area contributed by atoms with Crippen molar-refractivity contribution in [3.05, 3.63) is 59.4 Å². The number of hydrogen-bond acceptors (Lipinski definition) is 4. The Morgan fingerprint density at radius 3 is 2.65 bits per heavy atom. The highest BCUT2D eigenvalue weighted by molar-refractivity contribution is 7.71. The van der Waals surface area contributed by atoms with Gasteiger partial charge in [-0.3, -0.25) is 9.67 Å². The van der Waals surface area contributed by atoms with E-state index in [9.17, 15) is 0 Å². The summed E-state index contributed by atoms with van der Waals surface area (Å²) in [6.45, 7) is 0. The molecule has 0 bridgehead atoms. The Kier molecular flexibility index (Phi) is 3.20. The number of rotatable bonds is 3. The van der Waals surface area contributed by atoms with E-state index in [1.807, 2.05) is 59.2 Å². The van der Waals surface area contributed by atoms with Crippen molar-refractivity contribution >= 4 is 18.0 Å². The van der Waals surface area contributed by atoms with Gasteiger partial charge in [-0.15, -0.1) is 10.2 Å². The highest BCUT2D eigenvalue weighted by atomic mass is 32.1. The van der Waals surface area contributed by atoms with Gasteiger partial charge in [-0.05, 0) is 24.4 Å². The predicted molar refractivity (Wildman–Crippen MR) is 89.5 cm³/mol. The summed E-state index contributed by atoms with van der Waals surface area (Å²) in [7, 11) is 1.63. The van der Waals surface area contributed by atoms with Gasteiger partial charge in [-0.2, -0.15) is 4.52 Å². The molecule has 0 aliphatic carbocycles. The van der Waals surface area contributed by atoms with Crippen molar-refractivity contribution in [1.29, 1.82) is 0 Å². The third-order valence-electron chi connectivity index (χ3n) is 3.60. The third kappa shape index (κ3) is 2.22. The number of fused-ring (bicyclic) bond motifs is 1. The number of aromatic amines is 1. The lowest BCUT2D eigenvalue weighted by atomic mass is 10.2. The maximum absolute atomic E-state index is 5.46. The molecule has 0 saturated heterocycles. The zero-order chi connectivity index (χ0) is 15.8. The maximum atomic E-state index is 5.46. The zero-order valence-corrected chi connectivity index (χ0v) is 13.1. The second kappa shape index (κ2) is 5.36. The molecule has 0 aliphatic heterocycles. The molecule has 0 amide bonds. The van der Waals surface area contributed by atoms with Crippen molar-refractivity contribution in [3.63, 3.8) is 0 Å². The van der Waals surface area contributed by atoms with E-state index >= 15 is 0 Å². The van der Waals surface area contributed by atoms with Crippen LogP contribution in [0.4, 0.5) is 0 Å². The molecule has 0 unspecified atom stereocenters. The largest absolute Gasteiger partial charge is 0.497 e. The van der Waals surface area contributed by atoms with Crippen molar-refractivity contribution in [2.24, 2.45) is 0 Å². The van der Waals surface area contributed by atoms with E-state index in [1.54, 1.807) is 11.6 Å². The average Bonchev–Trinajstić information content (AvgIpc) is 3.13. The van der Waals surface area contributed by atoms with Gasteiger partial charge in [0.2, 0.25) is 0 Å². The SMILES string of the molecule is COc1cccc(-n2c(=S)[nH]n3c(-c4ccccc4)nnc23)c1. The van der Waals surface area contributed by atoms with E-state index in [0.717, 1.165) is 17.0 Å².